The number of nitrogens with zero attached hydrogens (tertiary/aromatic N) is 2. The van der Waals surface area contributed by atoms with E-state index < -0.39 is 0 Å². The van der Waals surface area contributed by atoms with Crippen LogP contribution in [0.4, 0.5) is 4.39 Å². The third-order valence-electron chi connectivity index (χ3n) is 4.19. The monoisotopic (exact) mass is 369 g/mol. The number of halogens is 1. The highest BCUT2D eigenvalue weighted by Crippen LogP contribution is 2.19. The first-order valence-corrected chi connectivity index (χ1v) is 8.97. The maximum Gasteiger partial charge on any atom is 0.213 e. The quantitative estimate of drug-likeness (QED) is 0.442. The molecule has 142 valence electrons. The highest BCUT2D eigenvalue weighted by atomic mass is 19.1. The molecule has 0 fully saturated rings. The van der Waals surface area contributed by atoms with Gasteiger partial charge in [0.05, 0.1) is 6.61 Å². The number of hydrogen-bond acceptors (Lipinski definition) is 3. The molecule has 0 saturated carbocycles. The fraction of sp³-hybridized carbons (Fsp3) is 0.300. The van der Waals surface area contributed by atoms with Crippen molar-refractivity contribution in [3.05, 3.63) is 59.7 Å². The molecule has 1 aromatic carbocycles. The number of H-pyrrole nitrogens is 1. The SMILES string of the molecule is CCOc1cc(CNC(=NC)NCCc2c[nH]c3ccc(F)cc23)ccn1. The van der Waals surface area contributed by atoms with Crippen molar-refractivity contribution < 1.29 is 9.13 Å². The number of pyridine rings is 1. The van der Waals surface area contributed by atoms with Gasteiger partial charge in [0.15, 0.2) is 5.96 Å². The molecule has 0 spiro atoms. The molecular weight excluding hydrogens is 345 g/mol. The van der Waals surface area contributed by atoms with E-state index in [4.69, 9.17) is 4.74 Å². The minimum Gasteiger partial charge on any atom is -0.478 e. The van der Waals surface area contributed by atoms with Crippen LogP contribution in [0.1, 0.15) is 18.1 Å². The number of nitrogens with one attached hydrogen (secondary N) is 3. The fourth-order valence-electron chi connectivity index (χ4n) is 2.87. The van der Waals surface area contributed by atoms with E-state index in [1.165, 1.54) is 6.07 Å². The molecule has 2 aromatic heterocycles. The van der Waals surface area contributed by atoms with Crippen LogP contribution in [0.2, 0.25) is 0 Å². The van der Waals surface area contributed by atoms with Crippen molar-refractivity contribution in [3.8, 4) is 5.88 Å². The number of rotatable bonds is 7. The van der Waals surface area contributed by atoms with Crippen LogP contribution in [0.25, 0.3) is 10.9 Å². The summed E-state index contributed by atoms with van der Waals surface area (Å²) in [4.78, 5) is 11.6. The van der Waals surface area contributed by atoms with Crippen LogP contribution in [0.15, 0.2) is 47.7 Å². The lowest BCUT2D eigenvalue weighted by Crippen LogP contribution is -2.37. The molecule has 0 bridgehead atoms. The lowest BCUT2D eigenvalue weighted by Gasteiger charge is -2.12. The zero-order chi connectivity index (χ0) is 19.1. The van der Waals surface area contributed by atoms with Gasteiger partial charge < -0.3 is 20.4 Å². The summed E-state index contributed by atoms with van der Waals surface area (Å²) >= 11 is 0. The van der Waals surface area contributed by atoms with E-state index >= 15 is 0 Å². The number of aliphatic imine (C=N–C) groups is 1. The zero-order valence-corrected chi connectivity index (χ0v) is 15.6. The average Bonchev–Trinajstić information content (AvgIpc) is 3.07. The fourth-order valence-corrected chi connectivity index (χ4v) is 2.87. The van der Waals surface area contributed by atoms with Crippen molar-refractivity contribution >= 4 is 16.9 Å². The number of guanidine groups is 1. The Bertz CT molecular complexity index is 922. The molecular formula is C20H24FN5O. The second kappa shape index (κ2) is 9.02. The van der Waals surface area contributed by atoms with E-state index in [1.807, 2.05) is 25.3 Å². The summed E-state index contributed by atoms with van der Waals surface area (Å²) < 4.78 is 18.9. The van der Waals surface area contributed by atoms with Crippen LogP contribution in [0.5, 0.6) is 5.88 Å². The molecule has 0 unspecified atom stereocenters. The van der Waals surface area contributed by atoms with Crippen molar-refractivity contribution in [1.82, 2.24) is 20.6 Å². The Morgan fingerprint density at radius 2 is 2.15 bits per heavy atom. The van der Waals surface area contributed by atoms with Crippen molar-refractivity contribution in [1.29, 1.82) is 0 Å². The molecule has 2 heterocycles. The van der Waals surface area contributed by atoms with Crippen LogP contribution in [-0.2, 0) is 13.0 Å². The molecule has 27 heavy (non-hydrogen) atoms. The van der Waals surface area contributed by atoms with Gasteiger partial charge in [-0.2, -0.15) is 0 Å². The summed E-state index contributed by atoms with van der Waals surface area (Å²) in [5.41, 5.74) is 3.07. The smallest absolute Gasteiger partial charge is 0.213 e. The molecule has 0 aliphatic rings. The molecule has 0 aliphatic carbocycles. The summed E-state index contributed by atoms with van der Waals surface area (Å²) in [5.74, 6) is 1.10. The molecule has 7 heteroatoms. The second-order valence-corrected chi connectivity index (χ2v) is 6.04. The van der Waals surface area contributed by atoms with Gasteiger partial charge in [0.25, 0.3) is 0 Å². The van der Waals surface area contributed by atoms with Crippen LogP contribution in [-0.4, -0.2) is 36.1 Å². The molecule has 0 radical (unpaired) electrons. The first-order valence-electron chi connectivity index (χ1n) is 8.97. The molecule has 3 rings (SSSR count). The van der Waals surface area contributed by atoms with Crippen molar-refractivity contribution in [3.63, 3.8) is 0 Å². The van der Waals surface area contributed by atoms with Crippen LogP contribution >= 0.6 is 0 Å². The number of aromatic amines is 1. The van der Waals surface area contributed by atoms with Gasteiger partial charge in [0.2, 0.25) is 5.88 Å². The highest BCUT2D eigenvalue weighted by Gasteiger charge is 2.06. The van der Waals surface area contributed by atoms with Gasteiger partial charge in [-0.05, 0) is 48.7 Å². The van der Waals surface area contributed by atoms with Crippen LogP contribution in [0.3, 0.4) is 0 Å². The predicted octanol–water partition coefficient (Wildman–Crippen LogP) is 3.01. The van der Waals surface area contributed by atoms with Gasteiger partial charge in [-0.1, -0.05) is 0 Å². The van der Waals surface area contributed by atoms with Crippen LogP contribution in [0, 0.1) is 5.82 Å². The number of ether oxygens (including phenoxy) is 1. The highest BCUT2D eigenvalue weighted by molar-refractivity contribution is 5.83. The summed E-state index contributed by atoms with van der Waals surface area (Å²) in [6.45, 7) is 3.82. The summed E-state index contributed by atoms with van der Waals surface area (Å²) in [5, 5.41) is 7.47. The van der Waals surface area contributed by atoms with E-state index in [2.05, 4.69) is 25.6 Å². The number of hydrogen-bond donors (Lipinski definition) is 3. The third-order valence-corrected chi connectivity index (χ3v) is 4.19. The Hall–Kier alpha value is -3.09. The first-order chi connectivity index (χ1) is 13.2. The van der Waals surface area contributed by atoms with Crippen molar-refractivity contribution in [2.45, 2.75) is 19.9 Å². The summed E-state index contributed by atoms with van der Waals surface area (Å²) in [6.07, 6.45) is 4.41. The normalized spacial score (nSPS) is 11.6. The molecule has 0 atom stereocenters. The minimum atomic E-state index is -0.224. The van der Waals surface area contributed by atoms with Gasteiger partial charge in [0.1, 0.15) is 5.82 Å². The maximum atomic E-state index is 13.5. The molecule has 0 aliphatic heterocycles. The van der Waals surface area contributed by atoms with Gasteiger partial charge in [-0.25, -0.2) is 9.37 Å². The Labute approximate surface area is 157 Å². The van der Waals surface area contributed by atoms with Gasteiger partial charge in [0, 0.05) is 49.5 Å². The van der Waals surface area contributed by atoms with E-state index in [1.54, 1.807) is 25.4 Å². The first kappa shape index (κ1) is 18.7. The largest absolute Gasteiger partial charge is 0.478 e. The van der Waals surface area contributed by atoms with Crippen LogP contribution < -0.4 is 15.4 Å². The Balaban J connectivity index is 1.52. The number of fused-ring (bicyclic) bond motifs is 1. The predicted molar refractivity (Wildman–Crippen MR) is 106 cm³/mol. The van der Waals surface area contributed by atoms with E-state index in [9.17, 15) is 4.39 Å². The second-order valence-electron chi connectivity index (χ2n) is 6.04. The molecule has 3 N–H and O–H groups in total. The van der Waals surface area contributed by atoms with E-state index in [0.29, 0.717) is 31.5 Å². The lowest BCUT2D eigenvalue weighted by molar-refractivity contribution is 0.326. The van der Waals surface area contributed by atoms with E-state index in [0.717, 1.165) is 28.5 Å². The minimum absolute atomic E-state index is 0.224. The zero-order valence-electron chi connectivity index (χ0n) is 15.6. The lowest BCUT2D eigenvalue weighted by atomic mass is 10.1. The summed E-state index contributed by atoms with van der Waals surface area (Å²) in [7, 11) is 1.73. The van der Waals surface area contributed by atoms with E-state index in [-0.39, 0.29) is 5.82 Å². The van der Waals surface area contributed by atoms with Crippen molar-refractivity contribution in [2.24, 2.45) is 4.99 Å². The van der Waals surface area contributed by atoms with Gasteiger partial charge in [-0.3, -0.25) is 4.99 Å². The molecule has 3 aromatic rings. The van der Waals surface area contributed by atoms with Gasteiger partial charge in [-0.15, -0.1) is 0 Å². The maximum absolute atomic E-state index is 13.5. The molecule has 6 nitrogen and oxygen atoms in total. The topological polar surface area (TPSA) is 74.3 Å². The van der Waals surface area contributed by atoms with Gasteiger partial charge >= 0.3 is 0 Å². The molecule has 0 amide bonds. The number of aromatic nitrogens is 2. The summed E-state index contributed by atoms with van der Waals surface area (Å²) in [6, 6.07) is 8.62. The van der Waals surface area contributed by atoms with Crippen molar-refractivity contribution in [2.75, 3.05) is 20.2 Å². The Morgan fingerprint density at radius 1 is 1.26 bits per heavy atom. The molecule has 0 saturated heterocycles. The standard InChI is InChI=1S/C20H24FN5O/c1-3-27-19-10-14(6-8-23-19)12-26-20(22-2)24-9-7-15-13-25-18-5-4-16(21)11-17(15)18/h4-6,8,10-11,13,25H,3,7,9,12H2,1-2H3,(H2,22,24,26). The Morgan fingerprint density at radius 3 is 2.96 bits per heavy atom. The average molecular weight is 369 g/mol. The number of benzene rings is 1. The Kier molecular flexibility index (Phi) is 6.25. The third kappa shape index (κ3) is 4.97.